The Labute approximate surface area is 234 Å². The molecule has 3 fully saturated rings. The molecule has 220 valence electrons. The fraction of sp³-hybridized carbons (Fsp3) is 0.774. The smallest absolute Gasteiger partial charge is 0.312 e. The van der Waals surface area contributed by atoms with Gasteiger partial charge >= 0.3 is 5.97 Å². The molecule has 0 aromatic carbocycles. The van der Waals surface area contributed by atoms with Gasteiger partial charge in [0.2, 0.25) is 11.8 Å². The Morgan fingerprint density at radius 2 is 1.95 bits per heavy atom. The van der Waals surface area contributed by atoms with E-state index in [-0.39, 0.29) is 30.9 Å². The summed E-state index contributed by atoms with van der Waals surface area (Å²) >= 11 is 0. The predicted octanol–water partition coefficient (Wildman–Crippen LogP) is 4.26. The minimum atomic E-state index is -1.12. The number of aliphatic hydroxyl groups is 1. The molecule has 0 aromatic rings. The number of allylic oxidation sites excluding steroid dienone is 1. The Hall–Kier alpha value is -2.19. The maximum atomic E-state index is 14.4. The number of hydrogen-bond acceptors (Lipinski definition) is 6. The van der Waals surface area contributed by atoms with Crippen molar-refractivity contribution in [2.75, 3.05) is 26.3 Å². The van der Waals surface area contributed by atoms with E-state index in [0.29, 0.717) is 32.4 Å². The van der Waals surface area contributed by atoms with Gasteiger partial charge in [-0.05, 0) is 51.4 Å². The lowest BCUT2D eigenvalue weighted by molar-refractivity contribution is -0.162. The summed E-state index contributed by atoms with van der Waals surface area (Å²) in [4.78, 5) is 45.6. The van der Waals surface area contributed by atoms with Gasteiger partial charge in [0.15, 0.2) is 0 Å². The molecule has 7 atom stereocenters. The van der Waals surface area contributed by atoms with Crippen LogP contribution in [0.3, 0.4) is 0 Å². The second-order valence-electron chi connectivity index (χ2n) is 11.8. The summed E-state index contributed by atoms with van der Waals surface area (Å²) in [6, 6.07) is -1.46. The van der Waals surface area contributed by atoms with E-state index in [1.807, 2.05) is 26.8 Å². The Morgan fingerprint density at radius 1 is 1.21 bits per heavy atom. The fourth-order valence-electron chi connectivity index (χ4n) is 7.00. The van der Waals surface area contributed by atoms with Gasteiger partial charge in [-0.2, -0.15) is 0 Å². The van der Waals surface area contributed by atoms with Crippen molar-refractivity contribution < 1.29 is 29.0 Å². The highest BCUT2D eigenvalue weighted by Gasteiger charge is 2.79. The number of fused-ring (bicyclic) bond motifs is 1. The van der Waals surface area contributed by atoms with Gasteiger partial charge in [0.25, 0.3) is 0 Å². The van der Waals surface area contributed by atoms with Crippen molar-refractivity contribution in [2.45, 2.75) is 109 Å². The molecule has 3 aliphatic rings. The van der Waals surface area contributed by atoms with Crippen molar-refractivity contribution in [3.05, 3.63) is 25.3 Å². The van der Waals surface area contributed by atoms with Crippen LogP contribution in [0.25, 0.3) is 0 Å². The Kier molecular flexibility index (Phi) is 10.8. The molecule has 8 heteroatoms. The number of likely N-dealkylation sites (tertiary alicyclic amines) is 1. The van der Waals surface area contributed by atoms with Gasteiger partial charge in [-0.25, -0.2) is 0 Å². The summed E-state index contributed by atoms with van der Waals surface area (Å²) < 4.78 is 12.4. The molecule has 0 saturated carbocycles. The van der Waals surface area contributed by atoms with Crippen molar-refractivity contribution in [1.29, 1.82) is 0 Å². The topological polar surface area (TPSA) is 96.4 Å². The van der Waals surface area contributed by atoms with Gasteiger partial charge < -0.3 is 24.4 Å². The number of unbranched alkanes of at least 4 members (excludes halogenated alkanes) is 4. The molecule has 3 saturated heterocycles. The van der Waals surface area contributed by atoms with Gasteiger partial charge in [-0.3, -0.25) is 14.4 Å². The zero-order chi connectivity index (χ0) is 28.8. The fourth-order valence-corrected chi connectivity index (χ4v) is 7.00. The van der Waals surface area contributed by atoms with Crippen LogP contribution in [0.4, 0.5) is 0 Å². The van der Waals surface area contributed by atoms with Crippen molar-refractivity contribution in [3.8, 4) is 0 Å². The van der Waals surface area contributed by atoms with Crippen LogP contribution in [0.2, 0.25) is 0 Å². The third-order valence-corrected chi connectivity index (χ3v) is 9.29. The SMILES string of the molecule is C=CCCCCOC(=O)[C@H]1[C@H]2C(=O)N([C@@H](CO)[C@@H](C)CC)C(C(=O)N(CC=C)CCCCC)C23CC[C@]1(C)O3. The number of nitrogens with zero attached hydrogens (tertiary/aromatic N) is 2. The van der Waals surface area contributed by atoms with Gasteiger partial charge in [0.05, 0.1) is 30.8 Å². The maximum absolute atomic E-state index is 14.4. The molecule has 1 spiro atoms. The first-order chi connectivity index (χ1) is 18.7. The first kappa shape index (κ1) is 31.3. The summed E-state index contributed by atoms with van der Waals surface area (Å²) in [5, 5.41) is 10.5. The van der Waals surface area contributed by atoms with Crippen LogP contribution in [0.15, 0.2) is 25.3 Å². The molecule has 3 aliphatic heterocycles. The monoisotopic (exact) mass is 546 g/mol. The van der Waals surface area contributed by atoms with Crippen LogP contribution in [0, 0.1) is 17.8 Å². The van der Waals surface area contributed by atoms with Gasteiger partial charge in [0.1, 0.15) is 17.6 Å². The third-order valence-electron chi connectivity index (χ3n) is 9.29. The third kappa shape index (κ3) is 5.83. The molecule has 2 bridgehead atoms. The molecule has 39 heavy (non-hydrogen) atoms. The van der Waals surface area contributed by atoms with E-state index in [4.69, 9.17) is 9.47 Å². The summed E-state index contributed by atoms with van der Waals surface area (Å²) in [5.41, 5.74) is -2.00. The average molecular weight is 547 g/mol. The zero-order valence-electron chi connectivity index (χ0n) is 24.5. The minimum Gasteiger partial charge on any atom is -0.465 e. The van der Waals surface area contributed by atoms with E-state index in [1.165, 1.54) is 0 Å². The number of hydrogen-bond donors (Lipinski definition) is 1. The molecule has 8 nitrogen and oxygen atoms in total. The van der Waals surface area contributed by atoms with E-state index >= 15 is 0 Å². The highest BCUT2D eigenvalue weighted by atomic mass is 16.6. The van der Waals surface area contributed by atoms with Crippen LogP contribution in [-0.4, -0.2) is 82.3 Å². The Balaban J connectivity index is 2.01. The number of carbonyl (C=O) groups excluding carboxylic acids is 3. The van der Waals surface area contributed by atoms with Crippen LogP contribution in [-0.2, 0) is 23.9 Å². The lowest BCUT2D eigenvalue weighted by atomic mass is 9.66. The van der Waals surface area contributed by atoms with E-state index in [1.54, 1.807) is 15.9 Å². The van der Waals surface area contributed by atoms with Gasteiger partial charge in [-0.1, -0.05) is 52.2 Å². The molecule has 2 amide bonds. The normalized spacial score (nSPS) is 30.6. The zero-order valence-corrected chi connectivity index (χ0v) is 24.5. The highest BCUT2D eigenvalue weighted by molar-refractivity contribution is 5.98. The standard InChI is InChI=1S/C31H50N2O6/c1-7-11-13-15-20-38-29(37)25-24-27(35)33(23(21-34)22(5)10-4)26(31(24)17-16-30(25,6)39-31)28(36)32(18-9-3)19-14-12-8-2/h7,9,22-26,34H,1,3,8,10-21H2,2,4-6H3/t22-,23-,24-,25+,26?,30-,31?/m0/s1. The van der Waals surface area contributed by atoms with Crippen LogP contribution < -0.4 is 0 Å². The predicted molar refractivity (Wildman–Crippen MR) is 151 cm³/mol. The number of aliphatic hydroxyl groups excluding tert-OH is 1. The highest BCUT2D eigenvalue weighted by Crippen LogP contribution is 2.64. The molecule has 1 N–H and O–H groups in total. The van der Waals surface area contributed by atoms with E-state index in [0.717, 1.165) is 38.5 Å². The molecule has 0 radical (unpaired) electrons. The quantitative estimate of drug-likeness (QED) is 0.166. The molecule has 2 unspecified atom stereocenters. The first-order valence-corrected chi connectivity index (χ1v) is 15.0. The van der Waals surface area contributed by atoms with E-state index in [9.17, 15) is 19.5 Å². The van der Waals surface area contributed by atoms with Gasteiger partial charge in [0, 0.05) is 13.1 Å². The van der Waals surface area contributed by atoms with Crippen molar-refractivity contribution in [2.24, 2.45) is 17.8 Å². The largest absolute Gasteiger partial charge is 0.465 e. The molecule has 3 heterocycles. The summed E-state index contributed by atoms with van der Waals surface area (Å²) in [6.07, 6.45) is 10.6. The van der Waals surface area contributed by atoms with Crippen LogP contribution in [0.1, 0.15) is 85.5 Å². The maximum Gasteiger partial charge on any atom is 0.312 e. The number of rotatable bonds is 17. The number of esters is 1. The van der Waals surface area contributed by atoms with Crippen molar-refractivity contribution in [1.82, 2.24) is 9.80 Å². The number of ether oxygens (including phenoxy) is 2. The van der Waals surface area contributed by atoms with Gasteiger partial charge in [-0.15, -0.1) is 13.2 Å². The lowest BCUT2D eigenvalue weighted by Crippen LogP contribution is -2.60. The molecule has 0 aliphatic carbocycles. The average Bonchev–Trinajstić information content (AvgIpc) is 3.49. The van der Waals surface area contributed by atoms with Crippen molar-refractivity contribution >= 4 is 17.8 Å². The summed E-state index contributed by atoms with van der Waals surface area (Å²) in [6.45, 7) is 16.5. The lowest BCUT2D eigenvalue weighted by Gasteiger charge is -2.41. The Morgan fingerprint density at radius 3 is 2.56 bits per heavy atom. The number of amides is 2. The van der Waals surface area contributed by atoms with Crippen LogP contribution in [0.5, 0.6) is 0 Å². The second kappa shape index (κ2) is 13.4. The minimum absolute atomic E-state index is 0.0412. The molecular formula is C31H50N2O6. The van der Waals surface area contributed by atoms with Crippen molar-refractivity contribution in [3.63, 3.8) is 0 Å². The summed E-state index contributed by atoms with van der Waals surface area (Å²) in [7, 11) is 0. The Bertz CT molecular complexity index is 908. The van der Waals surface area contributed by atoms with E-state index < -0.39 is 41.1 Å². The molecule has 0 aromatic heterocycles. The summed E-state index contributed by atoms with van der Waals surface area (Å²) in [5.74, 6) is -2.55. The number of carbonyl (C=O) groups is 3. The molecule has 3 rings (SSSR count). The molecular weight excluding hydrogens is 496 g/mol. The second-order valence-corrected chi connectivity index (χ2v) is 11.8. The van der Waals surface area contributed by atoms with E-state index in [2.05, 4.69) is 20.1 Å². The first-order valence-electron chi connectivity index (χ1n) is 15.0. The van der Waals surface area contributed by atoms with Crippen LogP contribution >= 0.6 is 0 Å².